The van der Waals surface area contributed by atoms with Gasteiger partial charge >= 0.3 is 0 Å². The molecule has 5 nitrogen and oxygen atoms in total. The summed E-state index contributed by atoms with van der Waals surface area (Å²) in [5.74, 6) is -1.75. The fourth-order valence-corrected chi connectivity index (χ4v) is 3.92. The van der Waals surface area contributed by atoms with Crippen LogP contribution >= 0.6 is 23.1 Å². The number of carbonyl (C=O) groups is 3. The number of thiophene rings is 1. The second kappa shape index (κ2) is 7.20. The zero-order valence-electron chi connectivity index (χ0n) is 13.1. The monoisotopic (exact) mass is 376 g/mol. The van der Waals surface area contributed by atoms with Crippen molar-refractivity contribution in [3.8, 4) is 0 Å². The van der Waals surface area contributed by atoms with Crippen molar-refractivity contribution in [1.29, 1.82) is 0 Å². The molecule has 2 heterocycles. The van der Waals surface area contributed by atoms with Gasteiger partial charge in [0, 0.05) is 9.75 Å². The number of halogens is 1. The predicted molar refractivity (Wildman–Crippen MR) is 96.8 cm³/mol. The van der Waals surface area contributed by atoms with Crippen LogP contribution in [0.5, 0.6) is 0 Å². The number of hydrogen-bond donors (Lipinski definition) is 1. The van der Waals surface area contributed by atoms with Crippen molar-refractivity contribution in [3.63, 3.8) is 0 Å². The first-order valence-corrected chi connectivity index (χ1v) is 8.93. The first-order chi connectivity index (χ1) is 11.9. The first kappa shape index (κ1) is 17.4. The maximum Gasteiger partial charge on any atom is 0.294 e. The zero-order chi connectivity index (χ0) is 18.0. The SMILES string of the molecule is Cc1ccc(C=C2SC(=O)N(CC(=O)Nc3ccccc3F)C2=O)s1. The summed E-state index contributed by atoms with van der Waals surface area (Å²) in [5, 5.41) is 1.84. The Hall–Kier alpha value is -2.45. The molecule has 0 radical (unpaired) electrons. The van der Waals surface area contributed by atoms with Crippen LogP contribution in [0.1, 0.15) is 9.75 Å². The van der Waals surface area contributed by atoms with Crippen LogP contribution < -0.4 is 5.32 Å². The molecule has 1 aliphatic heterocycles. The van der Waals surface area contributed by atoms with Crippen molar-refractivity contribution in [2.45, 2.75) is 6.92 Å². The number of thioether (sulfide) groups is 1. The topological polar surface area (TPSA) is 66.5 Å². The molecule has 1 aliphatic rings. The van der Waals surface area contributed by atoms with Crippen LogP contribution in [0.15, 0.2) is 41.3 Å². The lowest BCUT2D eigenvalue weighted by Gasteiger charge is -2.12. The van der Waals surface area contributed by atoms with Crippen molar-refractivity contribution in [2.24, 2.45) is 0 Å². The van der Waals surface area contributed by atoms with E-state index in [1.165, 1.54) is 29.5 Å². The van der Waals surface area contributed by atoms with E-state index >= 15 is 0 Å². The van der Waals surface area contributed by atoms with E-state index in [9.17, 15) is 18.8 Å². The van der Waals surface area contributed by atoms with Crippen LogP contribution in [0.25, 0.3) is 6.08 Å². The Bertz CT molecular complexity index is 892. The Morgan fingerprint density at radius 2 is 2.00 bits per heavy atom. The number of imide groups is 1. The van der Waals surface area contributed by atoms with Crippen molar-refractivity contribution >= 4 is 51.9 Å². The average Bonchev–Trinajstić information content (AvgIpc) is 3.08. The van der Waals surface area contributed by atoms with E-state index in [2.05, 4.69) is 5.32 Å². The lowest BCUT2D eigenvalue weighted by Crippen LogP contribution is -2.36. The van der Waals surface area contributed by atoms with Crippen LogP contribution in [-0.2, 0) is 9.59 Å². The van der Waals surface area contributed by atoms with Gasteiger partial charge in [0.25, 0.3) is 11.1 Å². The van der Waals surface area contributed by atoms with Crippen molar-refractivity contribution in [1.82, 2.24) is 4.90 Å². The molecule has 25 heavy (non-hydrogen) atoms. The molecule has 0 bridgehead atoms. The summed E-state index contributed by atoms with van der Waals surface area (Å²) >= 11 is 2.29. The van der Waals surface area contributed by atoms with Crippen LogP contribution in [0.4, 0.5) is 14.9 Å². The van der Waals surface area contributed by atoms with Crippen molar-refractivity contribution < 1.29 is 18.8 Å². The van der Waals surface area contributed by atoms with Gasteiger partial charge < -0.3 is 5.32 Å². The molecule has 0 atom stereocenters. The maximum atomic E-state index is 13.5. The summed E-state index contributed by atoms with van der Waals surface area (Å²) in [7, 11) is 0. The lowest BCUT2D eigenvalue weighted by molar-refractivity contribution is -0.127. The maximum absolute atomic E-state index is 13.5. The number of amides is 3. The van der Waals surface area contributed by atoms with Crippen LogP contribution in [-0.4, -0.2) is 28.5 Å². The number of aryl methyl sites for hydroxylation is 1. The molecular formula is C17H13FN2O3S2. The van der Waals surface area contributed by atoms with E-state index in [-0.39, 0.29) is 10.6 Å². The van der Waals surface area contributed by atoms with E-state index in [0.29, 0.717) is 0 Å². The minimum absolute atomic E-state index is 0.00377. The summed E-state index contributed by atoms with van der Waals surface area (Å²) in [6.45, 7) is 1.49. The summed E-state index contributed by atoms with van der Waals surface area (Å²) in [6, 6.07) is 9.46. The Morgan fingerprint density at radius 3 is 2.68 bits per heavy atom. The van der Waals surface area contributed by atoms with E-state index < -0.39 is 29.4 Å². The smallest absolute Gasteiger partial charge is 0.294 e. The summed E-state index contributed by atoms with van der Waals surface area (Å²) < 4.78 is 13.5. The molecule has 3 rings (SSSR count). The summed E-state index contributed by atoms with van der Waals surface area (Å²) in [5.41, 5.74) is 0.00377. The van der Waals surface area contributed by atoms with Gasteiger partial charge in [0.2, 0.25) is 5.91 Å². The van der Waals surface area contributed by atoms with Gasteiger partial charge in [0.05, 0.1) is 10.6 Å². The third-order valence-electron chi connectivity index (χ3n) is 3.36. The van der Waals surface area contributed by atoms with E-state index in [1.807, 2.05) is 19.1 Å². The molecule has 1 aromatic heterocycles. The van der Waals surface area contributed by atoms with Gasteiger partial charge in [-0.1, -0.05) is 12.1 Å². The molecule has 0 aliphatic carbocycles. The highest BCUT2D eigenvalue weighted by Crippen LogP contribution is 2.33. The second-order valence-electron chi connectivity index (χ2n) is 5.24. The number of hydrogen-bond acceptors (Lipinski definition) is 5. The van der Waals surface area contributed by atoms with Crippen molar-refractivity contribution in [2.75, 3.05) is 11.9 Å². The van der Waals surface area contributed by atoms with Gasteiger partial charge in [-0.25, -0.2) is 4.39 Å². The third-order valence-corrected chi connectivity index (χ3v) is 5.21. The van der Waals surface area contributed by atoms with Crippen molar-refractivity contribution in [3.05, 3.63) is 56.9 Å². The Labute approximate surface area is 151 Å². The molecule has 1 fully saturated rings. The Kier molecular flexibility index (Phi) is 5.00. The molecule has 3 amide bonds. The molecule has 8 heteroatoms. The van der Waals surface area contributed by atoms with Gasteiger partial charge in [-0.15, -0.1) is 11.3 Å². The van der Waals surface area contributed by atoms with Gasteiger partial charge in [-0.3, -0.25) is 19.3 Å². The number of carbonyl (C=O) groups excluding carboxylic acids is 3. The molecule has 0 unspecified atom stereocenters. The standard InChI is InChI=1S/C17H13FN2O3S2/c1-10-6-7-11(24-10)8-14-16(22)20(17(23)25-14)9-15(21)19-13-5-3-2-4-12(13)18/h2-8H,9H2,1H3,(H,19,21). The molecule has 0 spiro atoms. The highest BCUT2D eigenvalue weighted by Gasteiger charge is 2.36. The summed E-state index contributed by atoms with van der Waals surface area (Å²) in [4.78, 5) is 39.5. The van der Waals surface area contributed by atoms with E-state index in [0.717, 1.165) is 26.4 Å². The van der Waals surface area contributed by atoms with Crippen LogP contribution in [0, 0.1) is 12.7 Å². The minimum Gasteiger partial charge on any atom is -0.322 e. The fraction of sp³-hybridized carbons (Fsp3) is 0.118. The molecule has 1 aromatic carbocycles. The number of anilines is 1. The largest absolute Gasteiger partial charge is 0.322 e. The molecule has 128 valence electrons. The normalized spacial score (nSPS) is 15.9. The highest BCUT2D eigenvalue weighted by atomic mass is 32.2. The number of nitrogens with zero attached hydrogens (tertiary/aromatic N) is 1. The minimum atomic E-state index is -0.638. The summed E-state index contributed by atoms with van der Waals surface area (Å²) in [6.07, 6.45) is 1.64. The fourth-order valence-electron chi connectivity index (χ4n) is 2.19. The van der Waals surface area contributed by atoms with Crippen LogP contribution in [0.2, 0.25) is 0 Å². The molecular weight excluding hydrogens is 363 g/mol. The number of benzene rings is 1. The molecule has 0 saturated carbocycles. The molecule has 2 aromatic rings. The number of para-hydroxylation sites is 1. The third kappa shape index (κ3) is 3.97. The van der Waals surface area contributed by atoms with Gasteiger partial charge in [-0.2, -0.15) is 0 Å². The molecule has 1 N–H and O–H groups in total. The predicted octanol–water partition coefficient (Wildman–Crippen LogP) is 3.87. The Morgan fingerprint density at radius 1 is 1.24 bits per heavy atom. The quantitative estimate of drug-likeness (QED) is 0.823. The average molecular weight is 376 g/mol. The second-order valence-corrected chi connectivity index (χ2v) is 7.56. The highest BCUT2D eigenvalue weighted by molar-refractivity contribution is 8.18. The Balaban J connectivity index is 1.69. The van der Waals surface area contributed by atoms with E-state index in [4.69, 9.17) is 0 Å². The van der Waals surface area contributed by atoms with Gasteiger partial charge in [-0.05, 0) is 49.0 Å². The zero-order valence-corrected chi connectivity index (χ0v) is 14.7. The van der Waals surface area contributed by atoms with E-state index in [1.54, 1.807) is 12.1 Å². The molecule has 1 saturated heterocycles. The van der Waals surface area contributed by atoms with Gasteiger partial charge in [0.15, 0.2) is 0 Å². The van der Waals surface area contributed by atoms with Gasteiger partial charge in [0.1, 0.15) is 12.4 Å². The van der Waals surface area contributed by atoms with Crippen LogP contribution in [0.3, 0.4) is 0 Å². The lowest BCUT2D eigenvalue weighted by atomic mass is 10.3. The number of nitrogens with one attached hydrogen (secondary N) is 1. The first-order valence-electron chi connectivity index (χ1n) is 7.30. The number of rotatable bonds is 4.